The molecule has 0 unspecified atom stereocenters. The summed E-state index contributed by atoms with van der Waals surface area (Å²) in [6.07, 6.45) is 0. The number of hydrogen-bond donors (Lipinski definition) is 0. The molecule has 0 N–H and O–H groups in total. The highest BCUT2D eigenvalue weighted by atomic mass is 35.5. The van der Waals surface area contributed by atoms with Gasteiger partial charge in [-0.2, -0.15) is 0 Å². The summed E-state index contributed by atoms with van der Waals surface area (Å²) in [6, 6.07) is 0. The number of hydrogen-bond acceptors (Lipinski definition) is 3. The SMILES string of the molecule is CC(C)(C)OCOSCCCl. The van der Waals surface area contributed by atoms with E-state index in [9.17, 15) is 0 Å². The van der Waals surface area contributed by atoms with E-state index in [1.165, 1.54) is 12.0 Å². The van der Waals surface area contributed by atoms with E-state index in [2.05, 4.69) is 0 Å². The second-order valence-corrected chi connectivity index (χ2v) is 4.26. The van der Waals surface area contributed by atoms with Gasteiger partial charge in [0.15, 0.2) is 6.79 Å². The highest BCUT2D eigenvalue weighted by molar-refractivity contribution is 7.94. The Bertz CT molecular complexity index is 92.9. The minimum Gasteiger partial charge on any atom is -0.349 e. The zero-order valence-electron chi connectivity index (χ0n) is 7.22. The van der Waals surface area contributed by atoms with Crippen molar-refractivity contribution in [3.63, 3.8) is 0 Å². The van der Waals surface area contributed by atoms with E-state index in [4.69, 9.17) is 20.5 Å². The van der Waals surface area contributed by atoms with Crippen molar-refractivity contribution in [3.8, 4) is 0 Å². The quantitative estimate of drug-likeness (QED) is 0.293. The largest absolute Gasteiger partial charge is 0.349 e. The van der Waals surface area contributed by atoms with Gasteiger partial charge in [-0.15, -0.1) is 11.6 Å². The van der Waals surface area contributed by atoms with Crippen LogP contribution < -0.4 is 0 Å². The molecule has 0 heterocycles. The highest BCUT2D eigenvalue weighted by Crippen LogP contribution is 2.09. The molecular weight excluding hydrogens is 184 g/mol. The molecule has 68 valence electrons. The van der Waals surface area contributed by atoms with E-state index in [0.29, 0.717) is 12.7 Å². The average Bonchev–Trinajstić information content (AvgIpc) is 1.85. The standard InChI is InChI=1S/C7H15ClO2S/c1-7(2,3)9-6-10-11-5-4-8/h4-6H2,1-3H3. The molecule has 0 fully saturated rings. The Morgan fingerprint density at radius 3 is 2.45 bits per heavy atom. The molecule has 0 aliphatic heterocycles. The zero-order chi connectivity index (χ0) is 8.74. The minimum absolute atomic E-state index is 0.123. The van der Waals surface area contributed by atoms with Crippen LogP contribution in [-0.4, -0.2) is 24.0 Å². The summed E-state index contributed by atoms with van der Waals surface area (Å²) in [5.74, 6) is 1.41. The van der Waals surface area contributed by atoms with Gasteiger partial charge in [0, 0.05) is 11.6 Å². The molecule has 4 heteroatoms. The molecule has 0 aromatic rings. The third-order valence-corrected chi connectivity index (χ3v) is 1.83. The Morgan fingerprint density at radius 2 is 2.00 bits per heavy atom. The topological polar surface area (TPSA) is 18.5 Å². The van der Waals surface area contributed by atoms with Crippen LogP contribution >= 0.6 is 23.6 Å². The predicted molar refractivity (Wildman–Crippen MR) is 50.0 cm³/mol. The van der Waals surface area contributed by atoms with Gasteiger partial charge in [-0.05, 0) is 32.8 Å². The molecule has 0 aliphatic rings. The fourth-order valence-corrected chi connectivity index (χ4v) is 0.811. The molecule has 0 aromatic carbocycles. The Hall–Kier alpha value is 0.560. The van der Waals surface area contributed by atoms with Gasteiger partial charge in [-0.3, -0.25) is 4.18 Å². The second kappa shape index (κ2) is 6.12. The summed E-state index contributed by atoms with van der Waals surface area (Å²) in [5.41, 5.74) is -0.123. The lowest BCUT2D eigenvalue weighted by atomic mass is 10.2. The first-order valence-corrected chi connectivity index (χ1v) is 4.95. The molecule has 0 saturated carbocycles. The van der Waals surface area contributed by atoms with Crippen molar-refractivity contribution in [2.45, 2.75) is 26.4 Å². The summed E-state index contributed by atoms with van der Waals surface area (Å²) in [5, 5.41) is 0. The monoisotopic (exact) mass is 198 g/mol. The Balaban J connectivity index is 3.02. The molecule has 0 spiro atoms. The smallest absolute Gasteiger partial charge is 0.160 e. The van der Waals surface area contributed by atoms with Gasteiger partial charge in [0.2, 0.25) is 0 Å². The predicted octanol–water partition coefficient (Wildman–Crippen LogP) is 2.66. The van der Waals surface area contributed by atoms with Crippen molar-refractivity contribution in [2.75, 3.05) is 18.4 Å². The average molecular weight is 199 g/mol. The van der Waals surface area contributed by atoms with Crippen molar-refractivity contribution >= 4 is 23.6 Å². The van der Waals surface area contributed by atoms with Gasteiger partial charge in [-0.25, -0.2) is 0 Å². The first kappa shape index (κ1) is 11.6. The summed E-state index contributed by atoms with van der Waals surface area (Å²) in [6.45, 7) is 6.29. The summed E-state index contributed by atoms with van der Waals surface area (Å²) in [7, 11) is 0. The van der Waals surface area contributed by atoms with Gasteiger partial charge >= 0.3 is 0 Å². The normalized spacial score (nSPS) is 12.0. The fourth-order valence-electron chi connectivity index (χ4n) is 0.325. The second-order valence-electron chi connectivity index (χ2n) is 3.00. The van der Waals surface area contributed by atoms with Crippen LogP contribution in [0.25, 0.3) is 0 Å². The minimum atomic E-state index is -0.123. The summed E-state index contributed by atoms with van der Waals surface area (Å²) in [4.78, 5) is 0. The summed E-state index contributed by atoms with van der Waals surface area (Å²) < 4.78 is 10.3. The van der Waals surface area contributed by atoms with E-state index in [-0.39, 0.29) is 5.60 Å². The van der Waals surface area contributed by atoms with Crippen LogP contribution in [0.2, 0.25) is 0 Å². The van der Waals surface area contributed by atoms with Gasteiger partial charge in [0.05, 0.1) is 5.60 Å². The van der Waals surface area contributed by atoms with E-state index >= 15 is 0 Å². The van der Waals surface area contributed by atoms with Crippen LogP contribution in [0.3, 0.4) is 0 Å². The lowest BCUT2D eigenvalue weighted by Crippen LogP contribution is -2.20. The number of ether oxygens (including phenoxy) is 1. The molecule has 0 atom stereocenters. The molecule has 0 aromatic heterocycles. The van der Waals surface area contributed by atoms with Crippen molar-refractivity contribution in [2.24, 2.45) is 0 Å². The van der Waals surface area contributed by atoms with Crippen molar-refractivity contribution in [1.82, 2.24) is 0 Å². The molecule has 0 radical (unpaired) electrons. The lowest BCUT2D eigenvalue weighted by Gasteiger charge is -2.18. The summed E-state index contributed by atoms with van der Waals surface area (Å²) >= 11 is 6.77. The zero-order valence-corrected chi connectivity index (χ0v) is 8.80. The van der Waals surface area contributed by atoms with Crippen LogP contribution in [0, 0.1) is 0 Å². The van der Waals surface area contributed by atoms with Gasteiger partial charge < -0.3 is 4.74 Å². The van der Waals surface area contributed by atoms with E-state index in [0.717, 1.165) is 5.75 Å². The maximum absolute atomic E-state index is 5.43. The highest BCUT2D eigenvalue weighted by Gasteiger charge is 2.08. The number of alkyl halides is 1. The van der Waals surface area contributed by atoms with Crippen LogP contribution in [-0.2, 0) is 8.92 Å². The molecular formula is C7H15ClO2S. The molecule has 2 nitrogen and oxygen atoms in total. The van der Waals surface area contributed by atoms with Gasteiger partial charge in [0.25, 0.3) is 0 Å². The molecule has 0 aliphatic carbocycles. The van der Waals surface area contributed by atoms with E-state index in [1.54, 1.807) is 0 Å². The Kier molecular flexibility index (Phi) is 6.43. The van der Waals surface area contributed by atoms with Crippen LogP contribution in [0.1, 0.15) is 20.8 Å². The lowest BCUT2D eigenvalue weighted by molar-refractivity contribution is -0.0688. The van der Waals surface area contributed by atoms with Crippen LogP contribution in [0.15, 0.2) is 0 Å². The maximum Gasteiger partial charge on any atom is 0.160 e. The molecule has 0 saturated heterocycles. The van der Waals surface area contributed by atoms with Gasteiger partial charge in [-0.1, -0.05) is 0 Å². The van der Waals surface area contributed by atoms with E-state index in [1.807, 2.05) is 20.8 Å². The van der Waals surface area contributed by atoms with Crippen LogP contribution in [0.5, 0.6) is 0 Å². The Labute approximate surface area is 77.8 Å². The van der Waals surface area contributed by atoms with Crippen molar-refractivity contribution < 1.29 is 8.92 Å². The maximum atomic E-state index is 5.43. The molecule has 11 heavy (non-hydrogen) atoms. The number of rotatable bonds is 5. The van der Waals surface area contributed by atoms with Crippen LogP contribution in [0.4, 0.5) is 0 Å². The van der Waals surface area contributed by atoms with E-state index < -0.39 is 0 Å². The first-order chi connectivity index (χ1) is 5.06. The number of halogens is 1. The third-order valence-electron chi connectivity index (χ3n) is 0.784. The third kappa shape index (κ3) is 10.6. The molecule has 0 amide bonds. The Morgan fingerprint density at radius 1 is 1.36 bits per heavy atom. The van der Waals surface area contributed by atoms with Crippen molar-refractivity contribution in [1.29, 1.82) is 0 Å². The molecule has 0 rings (SSSR count). The fraction of sp³-hybridized carbons (Fsp3) is 1.00. The van der Waals surface area contributed by atoms with Gasteiger partial charge in [0.1, 0.15) is 0 Å². The first-order valence-electron chi connectivity index (χ1n) is 3.50. The van der Waals surface area contributed by atoms with Crippen molar-refractivity contribution in [3.05, 3.63) is 0 Å². The molecule has 0 bridgehead atoms.